The molecular weight excluding hydrogens is 385 g/mol. The van der Waals surface area contributed by atoms with Gasteiger partial charge in [0.1, 0.15) is 11.9 Å². The molecule has 6 nitrogen and oxygen atoms in total. The number of rotatable bonds is 8. The number of cyclic esters (lactones) is 1. The van der Waals surface area contributed by atoms with E-state index in [1.165, 1.54) is 36.3 Å². The van der Waals surface area contributed by atoms with Crippen LogP contribution in [0.15, 0.2) is 42.5 Å². The van der Waals surface area contributed by atoms with E-state index in [2.05, 4.69) is 10.6 Å². The van der Waals surface area contributed by atoms with E-state index in [4.69, 9.17) is 4.74 Å². The standard InChI is InChI=1S/C23H26FN3O3/c1-15(28)26-13-20-14-27(23(29)30-20)19-8-9-21(22(24)10-19)18-6-4-17(5-7-18)12-25-11-16-2-3-16/h4-10,16,20,25H,2-3,11-14H2,1H3,(H,26,28)/t20-/m0/s1. The molecule has 1 saturated carbocycles. The molecule has 2 aliphatic rings. The van der Waals surface area contributed by atoms with Crippen molar-refractivity contribution < 1.29 is 18.7 Å². The van der Waals surface area contributed by atoms with Gasteiger partial charge in [-0.05, 0) is 54.6 Å². The van der Waals surface area contributed by atoms with Gasteiger partial charge in [-0.15, -0.1) is 0 Å². The SMILES string of the molecule is CC(=O)NC[C@H]1CN(c2ccc(-c3ccc(CNCC4CC4)cc3)c(F)c2)C(=O)O1. The molecule has 1 aliphatic carbocycles. The van der Waals surface area contributed by atoms with Crippen LogP contribution >= 0.6 is 0 Å². The first-order valence-corrected chi connectivity index (χ1v) is 10.3. The number of halogens is 1. The first-order chi connectivity index (χ1) is 14.5. The van der Waals surface area contributed by atoms with Gasteiger partial charge in [0, 0.05) is 19.0 Å². The van der Waals surface area contributed by atoms with Gasteiger partial charge in [-0.1, -0.05) is 24.3 Å². The zero-order valence-corrected chi connectivity index (χ0v) is 17.0. The van der Waals surface area contributed by atoms with Crippen LogP contribution in [-0.2, 0) is 16.1 Å². The summed E-state index contributed by atoms with van der Waals surface area (Å²) >= 11 is 0. The predicted octanol–water partition coefficient (Wildman–Crippen LogP) is 3.45. The van der Waals surface area contributed by atoms with Gasteiger partial charge in [-0.25, -0.2) is 9.18 Å². The lowest BCUT2D eigenvalue weighted by Gasteiger charge is -2.15. The van der Waals surface area contributed by atoms with Gasteiger partial charge in [0.15, 0.2) is 0 Å². The maximum atomic E-state index is 14.8. The average molecular weight is 411 g/mol. The summed E-state index contributed by atoms with van der Waals surface area (Å²) in [6.45, 7) is 3.78. The van der Waals surface area contributed by atoms with Gasteiger partial charge in [0.05, 0.1) is 18.8 Å². The minimum absolute atomic E-state index is 0.190. The van der Waals surface area contributed by atoms with Gasteiger partial charge in [-0.3, -0.25) is 9.69 Å². The van der Waals surface area contributed by atoms with Crippen molar-refractivity contribution >= 4 is 17.7 Å². The monoisotopic (exact) mass is 411 g/mol. The van der Waals surface area contributed by atoms with E-state index < -0.39 is 18.0 Å². The topological polar surface area (TPSA) is 70.7 Å². The van der Waals surface area contributed by atoms with E-state index in [1.807, 2.05) is 24.3 Å². The molecule has 1 aliphatic heterocycles. The fourth-order valence-corrected chi connectivity index (χ4v) is 3.55. The highest BCUT2D eigenvalue weighted by molar-refractivity contribution is 5.90. The van der Waals surface area contributed by atoms with Crippen LogP contribution in [-0.4, -0.2) is 37.7 Å². The smallest absolute Gasteiger partial charge is 0.414 e. The van der Waals surface area contributed by atoms with Crippen molar-refractivity contribution in [3.63, 3.8) is 0 Å². The molecule has 4 rings (SSSR count). The third kappa shape index (κ3) is 4.97. The largest absolute Gasteiger partial charge is 0.442 e. The number of hydrogen-bond acceptors (Lipinski definition) is 4. The molecular formula is C23H26FN3O3. The number of ether oxygens (including phenoxy) is 1. The summed E-state index contributed by atoms with van der Waals surface area (Å²) in [6, 6.07) is 12.6. The van der Waals surface area contributed by atoms with Gasteiger partial charge in [-0.2, -0.15) is 0 Å². The van der Waals surface area contributed by atoms with E-state index >= 15 is 0 Å². The molecule has 0 unspecified atom stereocenters. The number of amides is 2. The first kappa shape index (κ1) is 20.3. The van der Waals surface area contributed by atoms with Crippen molar-refractivity contribution in [1.29, 1.82) is 0 Å². The number of anilines is 1. The number of nitrogens with zero attached hydrogens (tertiary/aromatic N) is 1. The second-order valence-electron chi connectivity index (χ2n) is 7.99. The molecule has 2 aromatic carbocycles. The van der Waals surface area contributed by atoms with E-state index in [1.54, 1.807) is 12.1 Å². The maximum absolute atomic E-state index is 14.8. The van der Waals surface area contributed by atoms with Crippen LogP contribution in [0.2, 0.25) is 0 Å². The first-order valence-electron chi connectivity index (χ1n) is 10.3. The molecule has 0 bridgehead atoms. The molecule has 1 atom stereocenters. The van der Waals surface area contributed by atoms with E-state index in [-0.39, 0.29) is 19.0 Å². The normalized spacial score (nSPS) is 18.4. The summed E-state index contributed by atoms with van der Waals surface area (Å²) < 4.78 is 20.1. The summed E-state index contributed by atoms with van der Waals surface area (Å²) in [4.78, 5) is 24.5. The zero-order valence-electron chi connectivity index (χ0n) is 17.0. The lowest BCUT2D eigenvalue weighted by molar-refractivity contribution is -0.119. The lowest BCUT2D eigenvalue weighted by atomic mass is 10.0. The molecule has 0 aromatic heterocycles. The van der Waals surface area contributed by atoms with Crippen LogP contribution in [0.5, 0.6) is 0 Å². The third-order valence-corrected chi connectivity index (χ3v) is 5.44. The minimum atomic E-state index is -0.541. The number of nitrogens with one attached hydrogen (secondary N) is 2. The minimum Gasteiger partial charge on any atom is -0.442 e. The quantitative estimate of drug-likeness (QED) is 0.698. The Bertz CT molecular complexity index is 928. The highest BCUT2D eigenvalue weighted by atomic mass is 19.1. The molecule has 158 valence electrons. The average Bonchev–Trinajstić information content (AvgIpc) is 3.47. The Morgan fingerprint density at radius 3 is 2.60 bits per heavy atom. The molecule has 0 radical (unpaired) electrons. The van der Waals surface area contributed by atoms with Crippen molar-refractivity contribution in [3.8, 4) is 11.1 Å². The van der Waals surface area contributed by atoms with Gasteiger partial charge in [0.25, 0.3) is 0 Å². The van der Waals surface area contributed by atoms with Crippen LogP contribution < -0.4 is 15.5 Å². The summed E-state index contributed by atoms with van der Waals surface area (Å²) in [7, 11) is 0. The Balaban J connectivity index is 1.40. The fourth-order valence-electron chi connectivity index (χ4n) is 3.55. The molecule has 2 amide bonds. The number of carbonyl (C=O) groups excluding carboxylic acids is 2. The van der Waals surface area contributed by atoms with Crippen LogP contribution in [0.1, 0.15) is 25.3 Å². The zero-order chi connectivity index (χ0) is 21.1. The molecule has 1 saturated heterocycles. The van der Waals surface area contributed by atoms with Crippen LogP contribution in [0.25, 0.3) is 11.1 Å². The van der Waals surface area contributed by atoms with Gasteiger partial charge >= 0.3 is 6.09 Å². The van der Waals surface area contributed by atoms with E-state index in [0.29, 0.717) is 11.3 Å². The maximum Gasteiger partial charge on any atom is 0.414 e. The summed E-state index contributed by atoms with van der Waals surface area (Å²) in [5.41, 5.74) is 2.88. The second kappa shape index (κ2) is 8.83. The third-order valence-electron chi connectivity index (χ3n) is 5.44. The van der Waals surface area contributed by atoms with Crippen molar-refractivity contribution in [2.45, 2.75) is 32.4 Å². The highest BCUT2D eigenvalue weighted by Gasteiger charge is 2.32. The Hall–Kier alpha value is -2.93. The van der Waals surface area contributed by atoms with Crippen molar-refractivity contribution in [2.75, 3.05) is 24.5 Å². The molecule has 1 heterocycles. The van der Waals surface area contributed by atoms with Gasteiger partial charge < -0.3 is 15.4 Å². The Kier molecular flexibility index (Phi) is 5.99. The van der Waals surface area contributed by atoms with Crippen molar-refractivity contribution in [3.05, 3.63) is 53.8 Å². The van der Waals surface area contributed by atoms with Crippen LogP contribution in [0.3, 0.4) is 0 Å². The Morgan fingerprint density at radius 1 is 1.17 bits per heavy atom. The van der Waals surface area contributed by atoms with Crippen molar-refractivity contribution in [2.24, 2.45) is 5.92 Å². The van der Waals surface area contributed by atoms with Gasteiger partial charge in [0.2, 0.25) is 5.91 Å². The lowest BCUT2D eigenvalue weighted by Crippen LogP contribution is -2.33. The summed E-state index contributed by atoms with van der Waals surface area (Å²) in [5.74, 6) is 0.250. The molecule has 2 aromatic rings. The van der Waals surface area contributed by atoms with Crippen LogP contribution in [0, 0.1) is 11.7 Å². The molecule has 0 spiro atoms. The van der Waals surface area contributed by atoms with Crippen molar-refractivity contribution in [1.82, 2.24) is 10.6 Å². The van der Waals surface area contributed by atoms with E-state index in [9.17, 15) is 14.0 Å². The highest BCUT2D eigenvalue weighted by Crippen LogP contribution is 2.30. The molecule has 30 heavy (non-hydrogen) atoms. The second-order valence-corrected chi connectivity index (χ2v) is 7.99. The number of hydrogen-bond donors (Lipinski definition) is 2. The van der Waals surface area contributed by atoms with E-state index in [0.717, 1.165) is 24.6 Å². The molecule has 2 fully saturated rings. The van der Waals surface area contributed by atoms with Crippen LogP contribution in [0.4, 0.5) is 14.9 Å². The predicted molar refractivity (Wildman–Crippen MR) is 113 cm³/mol. The number of carbonyl (C=O) groups is 2. The summed E-state index contributed by atoms with van der Waals surface area (Å²) in [6.07, 6.45) is 1.66. The molecule has 7 heteroatoms. The fraction of sp³-hybridized carbons (Fsp3) is 0.391. The Morgan fingerprint density at radius 2 is 1.93 bits per heavy atom. The number of benzene rings is 2. The Labute approximate surface area is 175 Å². The molecule has 2 N–H and O–H groups in total. The summed E-state index contributed by atoms with van der Waals surface area (Å²) in [5, 5.41) is 6.08.